The molecule has 2 aliphatic rings. The third-order valence-corrected chi connectivity index (χ3v) is 4.20. The molecule has 2 fully saturated rings. The third-order valence-electron chi connectivity index (χ3n) is 4.20. The van der Waals surface area contributed by atoms with Crippen LogP contribution in [-0.2, 0) is 0 Å². The molecule has 0 aromatic heterocycles. The summed E-state index contributed by atoms with van der Waals surface area (Å²) in [5.74, 6) is 0. The highest BCUT2D eigenvalue weighted by Crippen LogP contribution is 2.23. The van der Waals surface area contributed by atoms with Crippen molar-refractivity contribution in [2.75, 3.05) is 20.1 Å². The summed E-state index contributed by atoms with van der Waals surface area (Å²) in [7, 11) is 2.28. The Hall–Kier alpha value is -0.0800. The van der Waals surface area contributed by atoms with E-state index in [-0.39, 0.29) is 0 Å². The summed E-state index contributed by atoms with van der Waals surface area (Å²) >= 11 is 0. The average molecular weight is 210 g/mol. The smallest absolute Gasteiger partial charge is 0.0107 e. The SMILES string of the molecule is CN(CCNC1CCCCC1)C1CCC1. The van der Waals surface area contributed by atoms with E-state index in [0.717, 1.165) is 12.1 Å². The Balaban J connectivity index is 1.53. The predicted octanol–water partition coefficient (Wildman–Crippen LogP) is 2.39. The molecule has 2 saturated carbocycles. The Morgan fingerprint density at radius 3 is 2.33 bits per heavy atom. The Kier molecular flexibility index (Phi) is 4.45. The second-order valence-corrected chi connectivity index (χ2v) is 5.35. The van der Waals surface area contributed by atoms with Gasteiger partial charge in [-0.15, -0.1) is 0 Å². The third kappa shape index (κ3) is 3.46. The van der Waals surface area contributed by atoms with E-state index in [2.05, 4.69) is 17.3 Å². The van der Waals surface area contributed by atoms with Crippen LogP contribution in [0.4, 0.5) is 0 Å². The lowest BCUT2D eigenvalue weighted by molar-refractivity contribution is 0.158. The molecule has 0 bridgehead atoms. The zero-order valence-electron chi connectivity index (χ0n) is 10.2. The second-order valence-electron chi connectivity index (χ2n) is 5.35. The zero-order valence-corrected chi connectivity index (χ0v) is 10.2. The lowest BCUT2D eigenvalue weighted by Crippen LogP contribution is -2.43. The Bertz CT molecular complexity index is 169. The number of nitrogens with one attached hydrogen (secondary N) is 1. The van der Waals surface area contributed by atoms with Gasteiger partial charge in [-0.2, -0.15) is 0 Å². The summed E-state index contributed by atoms with van der Waals surface area (Å²) in [5, 5.41) is 3.71. The van der Waals surface area contributed by atoms with Crippen LogP contribution < -0.4 is 5.32 Å². The lowest BCUT2D eigenvalue weighted by atomic mass is 9.92. The summed E-state index contributed by atoms with van der Waals surface area (Å²) in [6, 6.07) is 1.73. The first-order chi connectivity index (χ1) is 7.36. The van der Waals surface area contributed by atoms with E-state index in [9.17, 15) is 0 Å². The molecule has 0 atom stereocenters. The minimum absolute atomic E-state index is 0.827. The van der Waals surface area contributed by atoms with Gasteiger partial charge >= 0.3 is 0 Å². The van der Waals surface area contributed by atoms with Crippen LogP contribution in [0.3, 0.4) is 0 Å². The topological polar surface area (TPSA) is 15.3 Å². The fraction of sp³-hybridized carbons (Fsp3) is 1.00. The van der Waals surface area contributed by atoms with Crippen molar-refractivity contribution in [1.29, 1.82) is 0 Å². The Morgan fingerprint density at radius 2 is 1.73 bits per heavy atom. The molecule has 0 aromatic rings. The average Bonchev–Trinajstić information content (AvgIpc) is 2.16. The van der Waals surface area contributed by atoms with Crippen molar-refractivity contribution >= 4 is 0 Å². The van der Waals surface area contributed by atoms with Gasteiger partial charge in [0.25, 0.3) is 0 Å². The minimum atomic E-state index is 0.827. The van der Waals surface area contributed by atoms with Crippen LogP contribution in [0.1, 0.15) is 51.4 Å². The maximum absolute atomic E-state index is 3.71. The quantitative estimate of drug-likeness (QED) is 0.749. The minimum Gasteiger partial charge on any atom is -0.313 e. The standard InChI is InChI=1S/C13H26N2/c1-15(13-8-5-9-13)11-10-14-12-6-3-2-4-7-12/h12-14H,2-11H2,1H3. The van der Waals surface area contributed by atoms with Gasteiger partial charge < -0.3 is 10.2 Å². The van der Waals surface area contributed by atoms with Gasteiger partial charge in [0.05, 0.1) is 0 Å². The predicted molar refractivity (Wildman–Crippen MR) is 65.1 cm³/mol. The molecule has 2 heteroatoms. The summed E-state index contributed by atoms with van der Waals surface area (Å²) in [6.45, 7) is 2.43. The van der Waals surface area contributed by atoms with Crippen LogP contribution >= 0.6 is 0 Å². The highest BCUT2D eigenvalue weighted by molar-refractivity contribution is 4.79. The first-order valence-electron chi connectivity index (χ1n) is 6.80. The molecule has 0 radical (unpaired) electrons. The van der Waals surface area contributed by atoms with Gasteiger partial charge in [0, 0.05) is 25.2 Å². The molecule has 0 aliphatic heterocycles. The molecule has 2 aliphatic carbocycles. The molecule has 15 heavy (non-hydrogen) atoms. The number of hydrogen-bond donors (Lipinski definition) is 1. The number of likely N-dealkylation sites (N-methyl/N-ethyl adjacent to an activating group) is 1. The molecular formula is C13H26N2. The highest BCUT2D eigenvalue weighted by atomic mass is 15.1. The molecule has 0 spiro atoms. The van der Waals surface area contributed by atoms with Gasteiger partial charge in [0.2, 0.25) is 0 Å². The molecule has 0 unspecified atom stereocenters. The van der Waals surface area contributed by atoms with Crippen molar-refractivity contribution in [2.24, 2.45) is 0 Å². The number of nitrogens with zero attached hydrogens (tertiary/aromatic N) is 1. The second kappa shape index (κ2) is 5.86. The fourth-order valence-corrected chi connectivity index (χ4v) is 2.76. The molecule has 2 rings (SSSR count). The van der Waals surface area contributed by atoms with Crippen LogP contribution in [-0.4, -0.2) is 37.1 Å². The monoisotopic (exact) mass is 210 g/mol. The van der Waals surface area contributed by atoms with Crippen molar-refractivity contribution < 1.29 is 0 Å². The summed E-state index contributed by atoms with van der Waals surface area (Å²) in [6.07, 6.45) is 11.5. The van der Waals surface area contributed by atoms with Gasteiger partial charge in [-0.3, -0.25) is 0 Å². The first-order valence-corrected chi connectivity index (χ1v) is 6.80. The maximum atomic E-state index is 3.71. The van der Waals surface area contributed by atoms with Gasteiger partial charge in [-0.1, -0.05) is 25.7 Å². The van der Waals surface area contributed by atoms with E-state index >= 15 is 0 Å². The van der Waals surface area contributed by atoms with E-state index in [1.165, 1.54) is 64.5 Å². The van der Waals surface area contributed by atoms with Crippen LogP contribution in [0, 0.1) is 0 Å². The van der Waals surface area contributed by atoms with Crippen LogP contribution in [0.15, 0.2) is 0 Å². The molecule has 0 amide bonds. The van der Waals surface area contributed by atoms with Crippen LogP contribution in [0.5, 0.6) is 0 Å². The molecule has 1 N–H and O–H groups in total. The van der Waals surface area contributed by atoms with Gasteiger partial charge in [-0.05, 0) is 32.7 Å². The van der Waals surface area contributed by atoms with Crippen molar-refractivity contribution in [3.63, 3.8) is 0 Å². The molecule has 2 nitrogen and oxygen atoms in total. The highest BCUT2D eigenvalue weighted by Gasteiger charge is 2.21. The molecule has 0 heterocycles. The van der Waals surface area contributed by atoms with E-state index in [1.54, 1.807) is 0 Å². The van der Waals surface area contributed by atoms with Gasteiger partial charge in [-0.25, -0.2) is 0 Å². The van der Waals surface area contributed by atoms with Gasteiger partial charge in [0.15, 0.2) is 0 Å². The van der Waals surface area contributed by atoms with Gasteiger partial charge in [0.1, 0.15) is 0 Å². The van der Waals surface area contributed by atoms with Crippen molar-refractivity contribution in [3.8, 4) is 0 Å². The normalized spacial score (nSPS) is 24.4. The molecule has 0 aromatic carbocycles. The lowest BCUT2D eigenvalue weighted by Gasteiger charge is -2.35. The number of hydrogen-bond acceptors (Lipinski definition) is 2. The molecule has 0 saturated heterocycles. The van der Waals surface area contributed by atoms with E-state index < -0.39 is 0 Å². The van der Waals surface area contributed by atoms with Crippen molar-refractivity contribution in [1.82, 2.24) is 10.2 Å². The number of rotatable bonds is 5. The summed E-state index contributed by atoms with van der Waals surface area (Å²) in [4.78, 5) is 2.54. The Morgan fingerprint density at radius 1 is 1.00 bits per heavy atom. The van der Waals surface area contributed by atoms with Crippen LogP contribution in [0.2, 0.25) is 0 Å². The largest absolute Gasteiger partial charge is 0.313 e. The summed E-state index contributed by atoms with van der Waals surface area (Å²) < 4.78 is 0. The fourth-order valence-electron chi connectivity index (χ4n) is 2.76. The van der Waals surface area contributed by atoms with E-state index in [1.807, 2.05) is 0 Å². The molecular weight excluding hydrogens is 184 g/mol. The van der Waals surface area contributed by atoms with E-state index in [0.29, 0.717) is 0 Å². The van der Waals surface area contributed by atoms with Crippen LogP contribution in [0.25, 0.3) is 0 Å². The molecule has 88 valence electrons. The van der Waals surface area contributed by atoms with Crippen molar-refractivity contribution in [3.05, 3.63) is 0 Å². The maximum Gasteiger partial charge on any atom is 0.0107 e. The summed E-state index contributed by atoms with van der Waals surface area (Å²) in [5.41, 5.74) is 0. The Labute approximate surface area is 94.4 Å². The first kappa shape index (κ1) is 11.4. The van der Waals surface area contributed by atoms with Crippen molar-refractivity contribution in [2.45, 2.75) is 63.5 Å². The zero-order chi connectivity index (χ0) is 10.5. The van der Waals surface area contributed by atoms with E-state index in [4.69, 9.17) is 0 Å².